The number of carbonyl (C=O) groups excluding carboxylic acids is 1. The molecule has 34 heavy (non-hydrogen) atoms. The van der Waals surface area contributed by atoms with Gasteiger partial charge < -0.3 is 9.15 Å². The Morgan fingerprint density at radius 1 is 1.18 bits per heavy atom. The van der Waals surface area contributed by atoms with Crippen molar-refractivity contribution in [1.29, 1.82) is 0 Å². The fourth-order valence-corrected chi connectivity index (χ4v) is 5.19. The van der Waals surface area contributed by atoms with Gasteiger partial charge in [0.2, 0.25) is 10.0 Å². The first-order chi connectivity index (χ1) is 16.3. The molecule has 0 aliphatic rings. The van der Waals surface area contributed by atoms with E-state index in [2.05, 4.69) is 10.3 Å². The van der Waals surface area contributed by atoms with E-state index in [1.807, 2.05) is 30.5 Å². The average molecular weight is 498 g/mol. The fraction of sp³-hybridized carbons (Fsp3) is 0.167. The minimum Gasteiger partial charge on any atom is -0.496 e. The van der Waals surface area contributed by atoms with Crippen LogP contribution in [0, 0.1) is 6.92 Å². The highest BCUT2D eigenvalue weighted by Crippen LogP contribution is 2.29. The third-order valence-electron chi connectivity index (χ3n) is 5.20. The Kier molecular flexibility index (Phi) is 6.82. The standard InChI is InChI=1S/C24H23N3O5S2/c1-16-13-18(8-11-22(16)31-3)21-15-33-24(25-21)26-23(28)17-6-9-20(10-7-17)34(29,30)27(2)14-19-5-4-12-32-19/h4-13,15H,14H2,1-3H3,(H,25,26,28). The van der Waals surface area contributed by atoms with Gasteiger partial charge in [0.25, 0.3) is 5.91 Å². The zero-order chi connectivity index (χ0) is 24.3. The molecule has 1 N–H and O–H groups in total. The number of hydrogen-bond acceptors (Lipinski definition) is 7. The molecule has 10 heteroatoms. The van der Waals surface area contributed by atoms with Gasteiger partial charge in [-0.05, 0) is 67.1 Å². The van der Waals surface area contributed by atoms with Crippen LogP contribution in [0.3, 0.4) is 0 Å². The molecule has 8 nitrogen and oxygen atoms in total. The van der Waals surface area contributed by atoms with Gasteiger partial charge in [-0.2, -0.15) is 4.31 Å². The van der Waals surface area contributed by atoms with Crippen molar-refractivity contribution in [3.05, 3.63) is 83.1 Å². The van der Waals surface area contributed by atoms with E-state index in [9.17, 15) is 13.2 Å². The number of amides is 1. The van der Waals surface area contributed by atoms with Gasteiger partial charge in [-0.15, -0.1) is 11.3 Å². The average Bonchev–Trinajstić information content (AvgIpc) is 3.51. The maximum absolute atomic E-state index is 12.8. The quantitative estimate of drug-likeness (QED) is 0.375. The molecule has 0 unspecified atom stereocenters. The van der Waals surface area contributed by atoms with Gasteiger partial charge in [0.05, 0.1) is 30.5 Å². The number of rotatable bonds is 8. The van der Waals surface area contributed by atoms with E-state index in [4.69, 9.17) is 9.15 Å². The van der Waals surface area contributed by atoms with Crippen molar-refractivity contribution >= 4 is 32.4 Å². The normalized spacial score (nSPS) is 11.5. The first-order valence-corrected chi connectivity index (χ1v) is 12.6. The summed E-state index contributed by atoms with van der Waals surface area (Å²) in [6.45, 7) is 2.06. The van der Waals surface area contributed by atoms with E-state index in [1.54, 1.807) is 19.2 Å². The van der Waals surface area contributed by atoms with Crippen LogP contribution >= 0.6 is 11.3 Å². The van der Waals surface area contributed by atoms with Crippen molar-refractivity contribution in [2.45, 2.75) is 18.4 Å². The van der Waals surface area contributed by atoms with Crippen LogP contribution in [0.25, 0.3) is 11.3 Å². The topological polar surface area (TPSA) is 102 Å². The molecule has 4 aromatic rings. The molecule has 1 amide bonds. The lowest BCUT2D eigenvalue weighted by atomic mass is 10.1. The highest BCUT2D eigenvalue weighted by Gasteiger charge is 2.22. The molecule has 0 aliphatic carbocycles. The lowest BCUT2D eigenvalue weighted by Crippen LogP contribution is -2.26. The second-order valence-corrected chi connectivity index (χ2v) is 10.4. The second-order valence-electron chi connectivity index (χ2n) is 7.54. The third-order valence-corrected chi connectivity index (χ3v) is 7.77. The maximum Gasteiger partial charge on any atom is 0.257 e. The van der Waals surface area contributed by atoms with Gasteiger partial charge in [0.15, 0.2) is 5.13 Å². The molecule has 2 heterocycles. The van der Waals surface area contributed by atoms with Gasteiger partial charge in [0, 0.05) is 23.6 Å². The number of benzene rings is 2. The highest BCUT2D eigenvalue weighted by molar-refractivity contribution is 7.89. The Balaban J connectivity index is 1.44. The molecule has 0 saturated heterocycles. The highest BCUT2D eigenvalue weighted by atomic mass is 32.2. The van der Waals surface area contributed by atoms with Crippen LogP contribution in [0.4, 0.5) is 5.13 Å². The molecular formula is C24H23N3O5S2. The van der Waals surface area contributed by atoms with E-state index in [0.29, 0.717) is 16.5 Å². The Bertz CT molecular complexity index is 1390. The number of anilines is 1. The molecule has 0 spiro atoms. The van der Waals surface area contributed by atoms with Crippen LogP contribution in [0.15, 0.2) is 75.6 Å². The summed E-state index contributed by atoms with van der Waals surface area (Å²) in [5.41, 5.74) is 2.98. The SMILES string of the molecule is COc1ccc(-c2csc(NC(=O)c3ccc(S(=O)(=O)N(C)Cc4ccco4)cc3)n2)cc1C. The van der Waals surface area contributed by atoms with Crippen molar-refractivity contribution < 1.29 is 22.4 Å². The van der Waals surface area contributed by atoms with Gasteiger partial charge in [-0.25, -0.2) is 13.4 Å². The number of carbonyl (C=O) groups is 1. The summed E-state index contributed by atoms with van der Waals surface area (Å²) in [5, 5.41) is 5.08. The van der Waals surface area contributed by atoms with E-state index in [0.717, 1.165) is 22.6 Å². The van der Waals surface area contributed by atoms with Crippen LogP contribution in [-0.2, 0) is 16.6 Å². The van der Waals surface area contributed by atoms with E-state index in [-0.39, 0.29) is 17.3 Å². The summed E-state index contributed by atoms with van der Waals surface area (Å²) in [6.07, 6.45) is 1.49. The van der Waals surface area contributed by atoms with E-state index >= 15 is 0 Å². The van der Waals surface area contributed by atoms with E-state index in [1.165, 1.54) is 53.2 Å². The van der Waals surface area contributed by atoms with Crippen LogP contribution in [0.2, 0.25) is 0 Å². The van der Waals surface area contributed by atoms with Crippen molar-refractivity contribution in [1.82, 2.24) is 9.29 Å². The molecule has 0 radical (unpaired) electrons. The first kappa shape index (κ1) is 23.7. The molecule has 0 atom stereocenters. The molecule has 0 fully saturated rings. The van der Waals surface area contributed by atoms with Crippen molar-refractivity contribution in [2.75, 3.05) is 19.5 Å². The molecule has 2 aromatic heterocycles. The number of thiazole rings is 1. The fourth-order valence-electron chi connectivity index (χ4n) is 3.34. The summed E-state index contributed by atoms with van der Waals surface area (Å²) in [4.78, 5) is 17.3. The smallest absolute Gasteiger partial charge is 0.257 e. The maximum atomic E-state index is 12.8. The van der Waals surface area contributed by atoms with Crippen LogP contribution in [0.1, 0.15) is 21.7 Å². The monoisotopic (exact) mass is 497 g/mol. The van der Waals surface area contributed by atoms with Gasteiger partial charge in [-0.1, -0.05) is 0 Å². The van der Waals surface area contributed by atoms with Crippen LogP contribution in [-0.4, -0.2) is 37.8 Å². The molecule has 2 aromatic carbocycles. The predicted octanol–water partition coefficient (Wildman–Crippen LogP) is 4.79. The molecular weight excluding hydrogens is 474 g/mol. The number of sulfonamides is 1. The molecule has 0 saturated carbocycles. The van der Waals surface area contributed by atoms with Crippen LogP contribution < -0.4 is 10.1 Å². The number of aromatic nitrogens is 1. The van der Waals surface area contributed by atoms with Crippen molar-refractivity contribution in [3.8, 4) is 17.0 Å². The summed E-state index contributed by atoms with van der Waals surface area (Å²) in [7, 11) is -0.630. The summed E-state index contributed by atoms with van der Waals surface area (Å²) in [6, 6.07) is 15.0. The Hall–Kier alpha value is -3.47. The molecule has 176 valence electrons. The zero-order valence-corrected chi connectivity index (χ0v) is 20.4. The van der Waals surface area contributed by atoms with E-state index < -0.39 is 10.0 Å². The molecule has 0 bridgehead atoms. The van der Waals surface area contributed by atoms with Gasteiger partial charge in [-0.3, -0.25) is 10.1 Å². The zero-order valence-electron chi connectivity index (χ0n) is 18.8. The molecule has 0 aliphatic heterocycles. The Morgan fingerprint density at radius 3 is 2.59 bits per heavy atom. The number of nitrogens with one attached hydrogen (secondary N) is 1. The number of hydrogen-bond donors (Lipinski definition) is 1. The lowest BCUT2D eigenvalue weighted by molar-refractivity contribution is 0.102. The predicted molar refractivity (Wildman–Crippen MR) is 131 cm³/mol. The molecule has 4 rings (SSSR count). The minimum absolute atomic E-state index is 0.0875. The lowest BCUT2D eigenvalue weighted by Gasteiger charge is -2.16. The minimum atomic E-state index is -3.73. The van der Waals surface area contributed by atoms with Crippen molar-refractivity contribution in [3.63, 3.8) is 0 Å². The van der Waals surface area contributed by atoms with Gasteiger partial charge >= 0.3 is 0 Å². The summed E-state index contributed by atoms with van der Waals surface area (Å²) >= 11 is 1.31. The Labute approximate surface area is 201 Å². The van der Waals surface area contributed by atoms with Crippen molar-refractivity contribution in [2.24, 2.45) is 0 Å². The largest absolute Gasteiger partial charge is 0.496 e. The summed E-state index contributed by atoms with van der Waals surface area (Å²) in [5.74, 6) is 0.958. The van der Waals surface area contributed by atoms with Gasteiger partial charge in [0.1, 0.15) is 11.5 Å². The number of furan rings is 1. The Morgan fingerprint density at radius 2 is 1.94 bits per heavy atom. The second kappa shape index (κ2) is 9.80. The number of methoxy groups -OCH3 is 1. The first-order valence-electron chi connectivity index (χ1n) is 10.3. The number of ether oxygens (including phenoxy) is 1. The number of nitrogens with zero attached hydrogens (tertiary/aromatic N) is 2. The van der Waals surface area contributed by atoms with Crippen LogP contribution in [0.5, 0.6) is 5.75 Å². The summed E-state index contributed by atoms with van der Waals surface area (Å²) < 4.78 is 37.3. The number of aryl methyl sites for hydroxylation is 1. The third kappa shape index (κ3) is 5.04.